The van der Waals surface area contributed by atoms with Crippen LogP contribution in [0.25, 0.3) is 0 Å². The molecule has 0 spiro atoms. The van der Waals surface area contributed by atoms with Crippen molar-refractivity contribution in [2.45, 2.75) is 77.7 Å². The Bertz CT molecular complexity index is 293. The average Bonchev–Trinajstić information content (AvgIpc) is 2.56. The summed E-state index contributed by atoms with van der Waals surface area (Å²) in [5, 5.41) is 3.40. The summed E-state index contributed by atoms with van der Waals surface area (Å²) < 4.78 is 5.69. The molecule has 130 valence electrons. The summed E-state index contributed by atoms with van der Waals surface area (Å²) in [4.78, 5) is 15.4. The number of esters is 1. The Balaban J connectivity index is 2.87. The van der Waals surface area contributed by atoms with E-state index in [1.807, 2.05) is 0 Å². The van der Waals surface area contributed by atoms with Gasteiger partial charge < -0.3 is 10.1 Å². The van der Waals surface area contributed by atoms with Crippen molar-refractivity contribution in [3.63, 3.8) is 0 Å². The largest absolute Gasteiger partial charge is 0.464 e. The van der Waals surface area contributed by atoms with E-state index in [4.69, 9.17) is 4.74 Å². The van der Waals surface area contributed by atoms with Crippen molar-refractivity contribution in [2.75, 3.05) is 32.8 Å². The molecule has 1 N–H and O–H groups in total. The maximum Gasteiger partial charge on any atom is 0.326 e. The van der Waals surface area contributed by atoms with Crippen LogP contribution in [-0.2, 0) is 9.53 Å². The third-order valence-electron chi connectivity index (χ3n) is 4.72. The Morgan fingerprint density at radius 2 is 1.55 bits per heavy atom. The fourth-order valence-corrected chi connectivity index (χ4v) is 3.25. The highest BCUT2D eigenvalue weighted by Gasteiger charge is 2.44. The second-order valence-electron chi connectivity index (χ2n) is 6.47. The molecular weight excluding hydrogens is 276 g/mol. The Morgan fingerprint density at radius 1 is 1.00 bits per heavy atom. The van der Waals surface area contributed by atoms with Crippen LogP contribution < -0.4 is 5.32 Å². The van der Waals surface area contributed by atoms with Crippen molar-refractivity contribution in [3.8, 4) is 0 Å². The molecule has 1 fully saturated rings. The first kappa shape index (κ1) is 19.4. The van der Waals surface area contributed by atoms with Gasteiger partial charge in [0.15, 0.2) is 0 Å². The Kier molecular flexibility index (Phi) is 9.73. The minimum Gasteiger partial charge on any atom is -0.464 e. The van der Waals surface area contributed by atoms with Crippen molar-refractivity contribution in [1.29, 1.82) is 0 Å². The van der Waals surface area contributed by atoms with Gasteiger partial charge in [0.05, 0.1) is 6.61 Å². The topological polar surface area (TPSA) is 41.6 Å². The maximum absolute atomic E-state index is 13.0. The van der Waals surface area contributed by atoms with Gasteiger partial charge in [-0.2, -0.15) is 0 Å². The second kappa shape index (κ2) is 11.0. The number of hydrogen-bond donors (Lipinski definition) is 1. The second-order valence-corrected chi connectivity index (χ2v) is 6.47. The number of hydrogen-bond acceptors (Lipinski definition) is 4. The van der Waals surface area contributed by atoms with E-state index in [1.165, 1.54) is 0 Å². The average molecular weight is 312 g/mol. The molecule has 1 aliphatic heterocycles. The molecule has 0 bridgehead atoms. The molecule has 0 aliphatic carbocycles. The summed E-state index contributed by atoms with van der Waals surface area (Å²) in [6.45, 7) is 11.0. The zero-order valence-corrected chi connectivity index (χ0v) is 15.0. The Morgan fingerprint density at radius 3 is 2.05 bits per heavy atom. The van der Waals surface area contributed by atoms with Gasteiger partial charge in [0, 0.05) is 26.2 Å². The lowest BCUT2D eigenvalue weighted by atomic mass is 9.84. The number of piperazine rings is 1. The van der Waals surface area contributed by atoms with Crippen LogP contribution in [0.1, 0.15) is 72.1 Å². The normalized spacial score (nSPS) is 16.7. The molecule has 0 aromatic heterocycles. The van der Waals surface area contributed by atoms with Gasteiger partial charge in [0.2, 0.25) is 0 Å². The number of ether oxygens (including phenoxy) is 1. The summed E-state index contributed by atoms with van der Waals surface area (Å²) in [6, 6.07) is 0. The predicted molar refractivity (Wildman–Crippen MR) is 92.1 cm³/mol. The first-order chi connectivity index (χ1) is 10.7. The monoisotopic (exact) mass is 312 g/mol. The third-order valence-corrected chi connectivity index (χ3v) is 4.72. The quantitative estimate of drug-likeness (QED) is 0.469. The van der Waals surface area contributed by atoms with Crippen molar-refractivity contribution in [2.24, 2.45) is 0 Å². The minimum atomic E-state index is -0.387. The first-order valence-corrected chi connectivity index (χ1v) is 9.34. The SMILES string of the molecule is CCCCOC(=O)C(CCCC)(CCCC)N1CCNCC1. The van der Waals surface area contributed by atoms with Crippen molar-refractivity contribution < 1.29 is 9.53 Å². The van der Waals surface area contributed by atoms with E-state index in [9.17, 15) is 4.79 Å². The van der Waals surface area contributed by atoms with E-state index in [0.29, 0.717) is 6.61 Å². The fraction of sp³-hybridized carbons (Fsp3) is 0.944. The zero-order chi connectivity index (χ0) is 16.3. The van der Waals surface area contributed by atoms with Gasteiger partial charge in [-0.15, -0.1) is 0 Å². The highest BCUT2D eigenvalue weighted by Crippen LogP contribution is 2.31. The molecule has 0 unspecified atom stereocenters. The summed E-state index contributed by atoms with van der Waals surface area (Å²) in [5.74, 6) is 0.0322. The Hall–Kier alpha value is -0.610. The summed E-state index contributed by atoms with van der Waals surface area (Å²) in [7, 11) is 0. The number of unbranched alkanes of at least 4 members (excludes halogenated alkanes) is 3. The van der Waals surface area contributed by atoms with Gasteiger partial charge in [-0.25, -0.2) is 0 Å². The zero-order valence-electron chi connectivity index (χ0n) is 15.0. The lowest BCUT2D eigenvalue weighted by Gasteiger charge is -2.44. The van der Waals surface area contributed by atoms with Crippen LogP contribution in [0.3, 0.4) is 0 Å². The number of rotatable bonds is 11. The van der Waals surface area contributed by atoms with Gasteiger partial charge >= 0.3 is 5.97 Å². The van der Waals surface area contributed by atoms with E-state index in [0.717, 1.165) is 77.5 Å². The van der Waals surface area contributed by atoms with Crippen LogP contribution in [-0.4, -0.2) is 49.2 Å². The molecule has 0 aromatic carbocycles. The van der Waals surface area contributed by atoms with Gasteiger partial charge in [0.1, 0.15) is 5.54 Å². The summed E-state index contributed by atoms with van der Waals surface area (Å²) >= 11 is 0. The van der Waals surface area contributed by atoms with Crippen LogP contribution >= 0.6 is 0 Å². The van der Waals surface area contributed by atoms with Gasteiger partial charge in [-0.05, 0) is 19.3 Å². The molecule has 0 aromatic rings. The molecular formula is C18H36N2O2. The number of nitrogens with one attached hydrogen (secondary N) is 1. The van der Waals surface area contributed by atoms with E-state index in [2.05, 4.69) is 31.0 Å². The fourth-order valence-electron chi connectivity index (χ4n) is 3.25. The van der Waals surface area contributed by atoms with Crippen molar-refractivity contribution >= 4 is 5.97 Å². The standard InChI is InChI=1S/C18H36N2O2/c1-4-7-10-18(11-8-5-2,17(21)22-16-9-6-3)20-14-12-19-13-15-20/h19H,4-16H2,1-3H3. The van der Waals surface area contributed by atoms with Crippen LogP contribution in [0.15, 0.2) is 0 Å². The Labute approximate surface area is 137 Å². The van der Waals surface area contributed by atoms with Gasteiger partial charge in [0.25, 0.3) is 0 Å². The first-order valence-electron chi connectivity index (χ1n) is 9.34. The predicted octanol–water partition coefficient (Wildman–Crippen LogP) is 3.35. The lowest BCUT2D eigenvalue weighted by molar-refractivity contribution is -0.161. The summed E-state index contributed by atoms with van der Waals surface area (Å²) in [5.41, 5.74) is -0.387. The van der Waals surface area contributed by atoms with E-state index in [-0.39, 0.29) is 11.5 Å². The molecule has 22 heavy (non-hydrogen) atoms. The van der Waals surface area contributed by atoms with Crippen molar-refractivity contribution in [1.82, 2.24) is 10.2 Å². The highest BCUT2D eigenvalue weighted by molar-refractivity contribution is 5.81. The molecule has 0 saturated carbocycles. The van der Waals surface area contributed by atoms with Gasteiger partial charge in [-0.1, -0.05) is 52.9 Å². The molecule has 0 amide bonds. The number of carbonyl (C=O) groups excluding carboxylic acids is 1. The van der Waals surface area contributed by atoms with E-state index < -0.39 is 0 Å². The molecule has 4 heteroatoms. The van der Waals surface area contributed by atoms with E-state index >= 15 is 0 Å². The van der Waals surface area contributed by atoms with Crippen LogP contribution in [0.2, 0.25) is 0 Å². The van der Waals surface area contributed by atoms with Gasteiger partial charge in [-0.3, -0.25) is 9.69 Å². The number of nitrogens with zero attached hydrogens (tertiary/aromatic N) is 1. The number of carbonyl (C=O) groups is 1. The molecule has 0 radical (unpaired) electrons. The van der Waals surface area contributed by atoms with E-state index in [1.54, 1.807) is 0 Å². The third kappa shape index (κ3) is 5.54. The highest BCUT2D eigenvalue weighted by atomic mass is 16.5. The van der Waals surface area contributed by atoms with Crippen LogP contribution in [0.5, 0.6) is 0 Å². The molecule has 1 saturated heterocycles. The lowest BCUT2D eigenvalue weighted by Crippen LogP contribution is -2.60. The van der Waals surface area contributed by atoms with Crippen LogP contribution in [0.4, 0.5) is 0 Å². The molecule has 1 heterocycles. The minimum absolute atomic E-state index is 0.0322. The van der Waals surface area contributed by atoms with Crippen LogP contribution in [0, 0.1) is 0 Å². The molecule has 4 nitrogen and oxygen atoms in total. The maximum atomic E-state index is 13.0. The molecule has 0 atom stereocenters. The molecule has 1 aliphatic rings. The summed E-state index contributed by atoms with van der Waals surface area (Å²) in [6.07, 6.45) is 8.35. The molecule has 1 rings (SSSR count). The van der Waals surface area contributed by atoms with Crippen molar-refractivity contribution in [3.05, 3.63) is 0 Å². The smallest absolute Gasteiger partial charge is 0.326 e.